The van der Waals surface area contributed by atoms with Crippen LogP contribution in [-0.4, -0.2) is 23.1 Å². The normalized spacial score (nSPS) is 12.8. The molecule has 0 bridgehead atoms. The Labute approximate surface area is 272 Å². The maximum absolute atomic E-state index is 12.5. The molecule has 1 unspecified atom stereocenters. The number of ether oxygens (including phenoxy) is 1. The predicted octanol–water partition coefficient (Wildman–Crippen LogP) is 12.8. The van der Waals surface area contributed by atoms with E-state index in [2.05, 4.69) is 62.5 Å². The van der Waals surface area contributed by atoms with Crippen molar-refractivity contribution in [1.29, 1.82) is 0 Å². The number of carbonyl (C=O) groups excluding carboxylic acids is 1. The molecule has 4 nitrogen and oxygen atoms in total. The second-order valence-corrected chi connectivity index (χ2v) is 12.4. The lowest BCUT2D eigenvalue weighted by atomic mass is 10.0. The van der Waals surface area contributed by atoms with E-state index in [1.165, 1.54) is 89.9 Å². The quantitative estimate of drug-likeness (QED) is 0.0454. The Morgan fingerprint density at radius 1 is 0.500 bits per heavy atom. The van der Waals surface area contributed by atoms with Gasteiger partial charge in [0.2, 0.25) is 0 Å². The fraction of sp³-hybridized carbons (Fsp3) is 0.750. The SMILES string of the molecule is CCCCC/C=C\C/C=C\C/C=C\C/C=C\CCCCCCCC(=O)OC(CCCCCCCCCCC)CCCC(=O)O. The summed E-state index contributed by atoms with van der Waals surface area (Å²) >= 11 is 0. The van der Waals surface area contributed by atoms with Crippen LogP contribution < -0.4 is 0 Å². The fourth-order valence-corrected chi connectivity index (χ4v) is 5.29. The number of carboxylic acid groups (broad SMARTS) is 1. The van der Waals surface area contributed by atoms with E-state index in [1.807, 2.05) is 0 Å². The van der Waals surface area contributed by atoms with Crippen LogP contribution in [0.2, 0.25) is 0 Å². The summed E-state index contributed by atoms with van der Waals surface area (Å²) in [6.07, 6.45) is 46.9. The molecule has 0 aliphatic heterocycles. The van der Waals surface area contributed by atoms with Crippen LogP contribution in [0.15, 0.2) is 48.6 Å². The van der Waals surface area contributed by atoms with Crippen molar-refractivity contribution in [3.63, 3.8) is 0 Å². The second kappa shape index (κ2) is 35.4. The summed E-state index contributed by atoms with van der Waals surface area (Å²) in [5.74, 6) is -0.886. The standard InChI is InChI=1S/C40H70O4/c1-3-5-7-9-11-13-14-15-16-17-18-19-20-21-22-23-24-26-28-30-32-37-40(43)44-38(35-33-36-39(41)42)34-31-29-27-25-12-10-8-6-4-2/h11,13,15-16,18-19,21-22,38H,3-10,12,14,17,20,23-37H2,1-2H3,(H,41,42)/b13-11-,16-15-,19-18-,22-21-. The van der Waals surface area contributed by atoms with Crippen LogP contribution in [0, 0.1) is 0 Å². The van der Waals surface area contributed by atoms with Gasteiger partial charge in [-0.3, -0.25) is 9.59 Å². The van der Waals surface area contributed by atoms with Gasteiger partial charge in [0, 0.05) is 12.8 Å². The zero-order chi connectivity index (χ0) is 32.2. The van der Waals surface area contributed by atoms with Crippen LogP contribution in [-0.2, 0) is 14.3 Å². The second-order valence-electron chi connectivity index (χ2n) is 12.4. The zero-order valence-corrected chi connectivity index (χ0v) is 29.0. The summed E-state index contributed by atoms with van der Waals surface area (Å²) in [6.45, 7) is 4.49. The average Bonchev–Trinajstić information content (AvgIpc) is 3.00. The molecule has 44 heavy (non-hydrogen) atoms. The van der Waals surface area contributed by atoms with Crippen LogP contribution in [0.4, 0.5) is 0 Å². The van der Waals surface area contributed by atoms with Crippen LogP contribution in [0.1, 0.15) is 187 Å². The summed E-state index contributed by atoms with van der Waals surface area (Å²) in [5, 5.41) is 8.98. The average molecular weight is 615 g/mol. The number of aliphatic carboxylic acids is 1. The Kier molecular flexibility index (Phi) is 33.7. The molecule has 0 aromatic heterocycles. The number of carboxylic acids is 1. The van der Waals surface area contributed by atoms with Gasteiger partial charge in [0.15, 0.2) is 0 Å². The maximum atomic E-state index is 12.5. The molecule has 0 radical (unpaired) electrons. The fourth-order valence-electron chi connectivity index (χ4n) is 5.29. The Morgan fingerprint density at radius 2 is 0.909 bits per heavy atom. The highest BCUT2D eigenvalue weighted by atomic mass is 16.5. The molecular formula is C40H70O4. The summed E-state index contributed by atoms with van der Waals surface area (Å²) in [4.78, 5) is 23.4. The Morgan fingerprint density at radius 3 is 1.45 bits per heavy atom. The van der Waals surface area contributed by atoms with Gasteiger partial charge < -0.3 is 9.84 Å². The first-order chi connectivity index (χ1) is 21.6. The first kappa shape index (κ1) is 41.9. The molecule has 0 saturated carbocycles. The maximum Gasteiger partial charge on any atom is 0.306 e. The van der Waals surface area contributed by atoms with E-state index in [9.17, 15) is 9.59 Å². The molecule has 0 aromatic carbocycles. The number of hydrogen-bond donors (Lipinski definition) is 1. The highest BCUT2D eigenvalue weighted by Crippen LogP contribution is 2.17. The van der Waals surface area contributed by atoms with Crippen LogP contribution in [0.5, 0.6) is 0 Å². The van der Waals surface area contributed by atoms with Gasteiger partial charge in [-0.1, -0.05) is 146 Å². The van der Waals surface area contributed by atoms with E-state index < -0.39 is 5.97 Å². The van der Waals surface area contributed by atoms with Crippen LogP contribution in [0.3, 0.4) is 0 Å². The van der Waals surface area contributed by atoms with Crippen molar-refractivity contribution < 1.29 is 19.4 Å². The molecule has 0 aliphatic carbocycles. The summed E-state index contributed by atoms with van der Waals surface area (Å²) in [5.41, 5.74) is 0. The molecule has 0 fully saturated rings. The minimum absolute atomic E-state index is 0.109. The third-order valence-corrected chi connectivity index (χ3v) is 8.05. The Balaban J connectivity index is 3.84. The van der Waals surface area contributed by atoms with Crippen molar-refractivity contribution in [1.82, 2.24) is 0 Å². The van der Waals surface area contributed by atoms with Gasteiger partial charge in [-0.05, 0) is 77.0 Å². The number of esters is 1. The lowest BCUT2D eigenvalue weighted by Gasteiger charge is -2.18. The van der Waals surface area contributed by atoms with Gasteiger partial charge in [-0.2, -0.15) is 0 Å². The van der Waals surface area contributed by atoms with E-state index in [0.717, 1.165) is 57.8 Å². The van der Waals surface area contributed by atoms with Crippen molar-refractivity contribution in [3.05, 3.63) is 48.6 Å². The molecular weight excluding hydrogens is 544 g/mol. The monoisotopic (exact) mass is 615 g/mol. The first-order valence-electron chi connectivity index (χ1n) is 18.6. The summed E-state index contributed by atoms with van der Waals surface area (Å²) < 4.78 is 5.80. The molecule has 254 valence electrons. The molecule has 1 atom stereocenters. The van der Waals surface area contributed by atoms with E-state index in [-0.39, 0.29) is 18.5 Å². The van der Waals surface area contributed by atoms with Gasteiger partial charge in [0.05, 0.1) is 0 Å². The molecule has 0 aromatic rings. The largest absolute Gasteiger partial charge is 0.481 e. The van der Waals surface area contributed by atoms with Crippen molar-refractivity contribution in [2.45, 2.75) is 193 Å². The van der Waals surface area contributed by atoms with E-state index >= 15 is 0 Å². The zero-order valence-electron chi connectivity index (χ0n) is 29.0. The smallest absolute Gasteiger partial charge is 0.306 e. The highest BCUT2D eigenvalue weighted by Gasteiger charge is 2.15. The van der Waals surface area contributed by atoms with Gasteiger partial charge >= 0.3 is 11.9 Å². The number of hydrogen-bond acceptors (Lipinski definition) is 3. The minimum Gasteiger partial charge on any atom is -0.481 e. The van der Waals surface area contributed by atoms with Gasteiger partial charge in [-0.15, -0.1) is 0 Å². The van der Waals surface area contributed by atoms with E-state index in [1.54, 1.807) is 0 Å². The molecule has 4 heteroatoms. The van der Waals surface area contributed by atoms with Gasteiger partial charge in [0.1, 0.15) is 6.10 Å². The molecule has 0 rings (SSSR count). The predicted molar refractivity (Wildman–Crippen MR) is 190 cm³/mol. The molecule has 0 heterocycles. The lowest BCUT2D eigenvalue weighted by molar-refractivity contribution is -0.150. The molecule has 0 saturated heterocycles. The van der Waals surface area contributed by atoms with Crippen molar-refractivity contribution in [2.24, 2.45) is 0 Å². The van der Waals surface area contributed by atoms with Gasteiger partial charge in [0.25, 0.3) is 0 Å². The molecule has 0 aliphatic rings. The van der Waals surface area contributed by atoms with Crippen molar-refractivity contribution in [2.75, 3.05) is 0 Å². The lowest BCUT2D eigenvalue weighted by Crippen LogP contribution is -2.18. The Hall–Kier alpha value is -2.10. The highest BCUT2D eigenvalue weighted by molar-refractivity contribution is 5.69. The Bertz CT molecular complexity index is 748. The summed E-state index contributed by atoms with van der Waals surface area (Å²) in [7, 11) is 0. The van der Waals surface area contributed by atoms with Crippen molar-refractivity contribution in [3.8, 4) is 0 Å². The van der Waals surface area contributed by atoms with E-state index in [4.69, 9.17) is 9.84 Å². The molecule has 0 amide bonds. The number of allylic oxidation sites excluding steroid dienone is 8. The third-order valence-electron chi connectivity index (χ3n) is 8.05. The summed E-state index contributed by atoms with van der Waals surface area (Å²) in [6, 6.07) is 0. The van der Waals surface area contributed by atoms with Crippen molar-refractivity contribution >= 4 is 11.9 Å². The number of rotatable bonds is 33. The first-order valence-corrected chi connectivity index (χ1v) is 18.6. The molecule has 1 N–H and O–H groups in total. The number of carbonyl (C=O) groups is 2. The van der Waals surface area contributed by atoms with Crippen LogP contribution in [0.25, 0.3) is 0 Å². The number of unbranched alkanes of at least 4 members (excludes halogenated alkanes) is 16. The van der Waals surface area contributed by atoms with Gasteiger partial charge in [-0.25, -0.2) is 0 Å². The molecule has 0 spiro atoms. The van der Waals surface area contributed by atoms with E-state index in [0.29, 0.717) is 19.3 Å². The topological polar surface area (TPSA) is 63.6 Å². The minimum atomic E-state index is -0.777. The van der Waals surface area contributed by atoms with Crippen LogP contribution >= 0.6 is 0 Å². The third kappa shape index (κ3) is 34.4.